The number of benzene rings is 3. The van der Waals surface area contributed by atoms with Crippen LogP contribution in [0.15, 0.2) is 66.7 Å². The van der Waals surface area contributed by atoms with Crippen molar-refractivity contribution in [3.63, 3.8) is 0 Å². The zero-order valence-electron chi connectivity index (χ0n) is 13.3. The summed E-state index contributed by atoms with van der Waals surface area (Å²) in [5.74, 6) is 1.45. The smallest absolute Gasteiger partial charge is 0.128 e. The second-order valence-electron chi connectivity index (χ2n) is 6.24. The van der Waals surface area contributed by atoms with Crippen LogP contribution in [0.5, 0.6) is 5.75 Å². The molecule has 0 spiro atoms. The summed E-state index contributed by atoms with van der Waals surface area (Å²) in [6.45, 7) is 0.962. The van der Waals surface area contributed by atoms with Crippen LogP contribution in [0.2, 0.25) is 0 Å². The Morgan fingerprint density at radius 2 is 1.74 bits per heavy atom. The minimum Gasteiger partial charge on any atom is -0.485 e. The Morgan fingerprint density at radius 3 is 2.65 bits per heavy atom. The second-order valence-corrected chi connectivity index (χ2v) is 6.24. The molecule has 4 rings (SSSR count). The topological polar surface area (TPSA) is 21.3 Å². The van der Waals surface area contributed by atoms with Crippen molar-refractivity contribution in [2.24, 2.45) is 5.92 Å². The van der Waals surface area contributed by atoms with Crippen molar-refractivity contribution in [1.29, 1.82) is 0 Å². The van der Waals surface area contributed by atoms with Gasteiger partial charge in [0.2, 0.25) is 0 Å². The summed E-state index contributed by atoms with van der Waals surface area (Å²) in [6, 6.07) is 23.4. The van der Waals surface area contributed by atoms with Gasteiger partial charge in [0.05, 0.1) is 0 Å². The summed E-state index contributed by atoms with van der Waals surface area (Å²) in [6.07, 6.45) is 1.19. The fraction of sp³-hybridized carbons (Fsp3) is 0.238. The van der Waals surface area contributed by atoms with Crippen LogP contribution in [0, 0.1) is 5.92 Å². The quantitative estimate of drug-likeness (QED) is 0.773. The van der Waals surface area contributed by atoms with Gasteiger partial charge in [-0.3, -0.25) is 0 Å². The molecule has 0 saturated heterocycles. The molecule has 116 valence electrons. The molecular weight excluding hydrogens is 282 g/mol. The van der Waals surface area contributed by atoms with E-state index < -0.39 is 0 Å². The predicted octanol–water partition coefficient (Wildman–Crippen LogP) is 4.35. The second kappa shape index (κ2) is 6.05. The molecule has 0 heterocycles. The first-order chi connectivity index (χ1) is 11.4. The molecule has 0 amide bonds. The van der Waals surface area contributed by atoms with Gasteiger partial charge in [-0.2, -0.15) is 0 Å². The van der Waals surface area contributed by atoms with E-state index in [1.54, 1.807) is 0 Å². The van der Waals surface area contributed by atoms with Gasteiger partial charge in [-0.05, 0) is 36.0 Å². The molecule has 0 bridgehead atoms. The minimum absolute atomic E-state index is 0.115. The molecule has 0 radical (unpaired) electrons. The summed E-state index contributed by atoms with van der Waals surface area (Å²) < 4.78 is 6.54. The molecule has 2 atom stereocenters. The summed E-state index contributed by atoms with van der Waals surface area (Å²) >= 11 is 0. The maximum atomic E-state index is 6.54. The SMILES string of the molecule is CNC[C@H]1Cc2ccccc2[C@@H]1Oc1cccc2ccccc12. The highest BCUT2D eigenvalue weighted by Crippen LogP contribution is 2.40. The monoisotopic (exact) mass is 303 g/mol. The summed E-state index contributed by atoms with van der Waals surface area (Å²) in [5.41, 5.74) is 2.75. The van der Waals surface area contributed by atoms with Gasteiger partial charge < -0.3 is 10.1 Å². The first-order valence-electron chi connectivity index (χ1n) is 8.23. The van der Waals surface area contributed by atoms with Crippen molar-refractivity contribution < 1.29 is 4.74 Å². The van der Waals surface area contributed by atoms with Crippen LogP contribution in [0.1, 0.15) is 17.2 Å². The fourth-order valence-electron chi connectivity index (χ4n) is 3.68. The largest absolute Gasteiger partial charge is 0.485 e. The highest BCUT2D eigenvalue weighted by Gasteiger charge is 2.33. The van der Waals surface area contributed by atoms with Crippen molar-refractivity contribution in [2.75, 3.05) is 13.6 Å². The number of nitrogens with one attached hydrogen (secondary N) is 1. The lowest BCUT2D eigenvalue weighted by Gasteiger charge is -2.23. The highest BCUT2D eigenvalue weighted by atomic mass is 16.5. The number of ether oxygens (including phenoxy) is 1. The van der Waals surface area contributed by atoms with E-state index in [-0.39, 0.29) is 6.10 Å². The zero-order valence-corrected chi connectivity index (χ0v) is 13.3. The average Bonchev–Trinajstić information content (AvgIpc) is 2.93. The third kappa shape index (κ3) is 2.60. The molecule has 1 N–H and O–H groups in total. The molecule has 0 aromatic heterocycles. The Kier molecular flexibility index (Phi) is 3.76. The molecule has 2 heteroatoms. The first-order valence-corrected chi connectivity index (χ1v) is 8.23. The number of hydrogen-bond donors (Lipinski definition) is 1. The highest BCUT2D eigenvalue weighted by molar-refractivity contribution is 5.88. The van der Waals surface area contributed by atoms with Gasteiger partial charge in [0.15, 0.2) is 0 Å². The molecule has 1 aliphatic carbocycles. The van der Waals surface area contributed by atoms with Gasteiger partial charge in [-0.25, -0.2) is 0 Å². The first kappa shape index (κ1) is 14.3. The van der Waals surface area contributed by atoms with Crippen LogP contribution in [0.4, 0.5) is 0 Å². The Bertz CT molecular complexity index is 821. The van der Waals surface area contributed by atoms with E-state index in [1.807, 2.05) is 7.05 Å². The number of hydrogen-bond acceptors (Lipinski definition) is 2. The van der Waals surface area contributed by atoms with Gasteiger partial charge in [0.1, 0.15) is 11.9 Å². The number of fused-ring (bicyclic) bond motifs is 2. The molecule has 0 unspecified atom stereocenters. The molecular formula is C21H21NO. The van der Waals surface area contributed by atoms with Crippen molar-refractivity contribution >= 4 is 10.8 Å². The summed E-state index contributed by atoms with van der Waals surface area (Å²) in [4.78, 5) is 0. The van der Waals surface area contributed by atoms with E-state index >= 15 is 0 Å². The van der Waals surface area contributed by atoms with Gasteiger partial charge in [-0.15, -0.1) is 0 Å². The van der Waals surface area contributed by atoms with E-state index in [0.29, 0.717) is 5.92 Å². The molecule has 2 nitrogen and oxygen atoms in total. The van der Waals surface area contributed by atoms with Crippen molar-refractivity contribution in [1.82, 2.24) is 5.32 Å². The normalized spacial score (nSPS) is 19.7. The molecule has 3 aromatic rings. The van der Waals surface area contributed by atoms with Crippen molar-refractivity contribution in [2.45, 2.75) is 12.5 Å². The molecule has 0 fully saturated rings. The number of rotatable bonds is 4. The average molecular weight is 303 g/mol. The molecule has 23 heavy (non-hydrogen) atoms. The van der Waals surface area contributed by atoms with Gasteiger partial charge in [-0.1, -0.05) is 60.7 Å². The Labute approximate surface area is 137 Å². The minimum atomic E-state index is 0.115. The van der Waals surface area contributed by atoms with E-state index in [2.05, 4.69) is 72.0 Å². The van der Waals surface area contributed by atoms with Gasteiger partial charge >= 0.3 is 0 Å². The lowest BCUT2D eigenvalue weighted by molar-refractivity contribution is 0.151. The molecule has 0 aliphatic heterocycles. The van der Waals surface area contributed by atoms with E-state index in [4.69, 9.17) is 4.74 Å². The Morgan fingerprint density at radius 1 is 0.957 bits per heavy atom. The zero-order chi connectivity index (χ0) is 15.6. The Hall–Kier alpha value is -2.32. The predicted molar refractivity (Wildman–Crippen MR) is 94.9 cm³/mol. The van der Waals surface area contributed by atoms with Gasteiger partial charge in [0, 0.05) is 17.8 Å². The van der Waals surface area contributed by atoms with Crippen LogP contribution < -0.4 is 10.1 Å². The van der Waals surface area contributed by atoms with Crippen LogP contribution in [-0.2, 0) is 6.42 Å². The van der Waals surface area contributed by atoms with Gasteiger partial charge in [0.25, 0.3) is 0 Å². The Balaban J connectivity index is 1.73. The van der Waals surface area contributed by atoms with Crippen LogP contribution >= 0.6 is 0 Å². The maximum Gasteiger partial charge on any atom is 0.128 e. The van der Waals surface area contributed by atoms with Crippen LogP contribution in [0.25, 0.3) is 10.8 Å². The van der Waals surface area contributed by atoms with Crippen molar-refractivity contribution in [3.8, 4) is 5.75 Å². The van der Waals surface area contributed by atoms with Crippen LogP contribution in [0.3, 0.4) is 0 Å². The summed E-state index contributed by atoms with van der Waals surface area (Å²) in [5, 5.41) is 5.72. The van der Waals surface area contributed by atoms with E-state index in [1.165, 1.54) is 21.9 Å². The maximum absolute atomic E-state index is 6.54. The van der Waals surface area contributed by atoms with E-state index in [9.17, 15) is 0 Å². The molecule has 1 aliphatic rings. The molecule has 3 aromatic carbocycles. The third-order valence-electron chi connectivity index (χ3n) is 4.74. The standard InChI is InChI=1S/C21H21NO/c1-22-14-17-13-16-8-3-5-11-19(16)21(17)23-20-12-6-9-15-7-2-4-10-18(15)20/h2-12,17,21-22H,13-14H2,1H3/t17-,21-/m1/s1. The lowest BCUT2D eigenvalue weighted by Crippen LogP contribution is -2.25. The summed E-state index contributed by atoms with van der Waals surface area (Å²) in [7, 11) is 2.01. The van der Waals surface area contributed by atoms with E-state index in [0.717, 1.165) is 18.7 Å². The fourth-order valence-corrected chi connectivity index (χ4v) is 3.68. The van der Waals surface area contributed by atoms with Crippen molar-refractivity contribution in [3.05, 3.63) is 77.9 Å². The molecule has 0 saturated carbocycles. The van der Waals surface area contributed by atoms with Crippen LogP contribution in [-0.4, -0.2) is 13.6 Å². The lowest BCUT2D eigenvalue weighted by atomic mass is 10.0. The third-order valence-corrected chi connectivity index (χ3v) is 4.74.